The summed E-state index contributed by atoms with van der Waals surface area (Å²) in [6.07, 6.45) is 5.49. The standard InChI is InChI=1S/C33H33ClN6O3/c1-3-31(42)40-13-12-39(19-23(40)9-10-35)29-17-30(43-20-24-7-5-11-38(24)2)37-28-15-22(18-36-33(28)29)26-16-25(41)14-21-6-4-8-27(34)32(21)26/h3-4,6,8,14-18,23-24,41H,1,5,7,9,11-13,19-20H2,2H3/t23?,24-/m0/s1. The molecule has 2 aromatic heterocycles. The number of amides is 1. The molecule has 4 heterocycles. The van der Waals surface area contributed by atoms with Crippen LogP contribution in [0.15, 0.2) is 61.3 Å². The number of hydrogen-bond donors (Lipinski definition) is 1. The van der Waals surface area contributed by atoms with Crippen molar-refractivity contribution >= 4 is 45.0 Å². The highest BCUT2D eigenvalue weighted by atomic mass is 35.5. The number of ether oxygens (including phenoxy) is 1. The molecule has 0 spiro atoms. The summed E-state index contributed by atoms with van der Waals surface area (Å²) in [5.74, 6) is 0.442. The van der Waals surface area contributed by atoms with Crippen molar-refractivity contribution in [3.63, 3.8) is 0 Å². The number of likely N-dealkylation sites (N-methyl/N-ethyl adjacent to an activating group) is 1. The van der Waals surface area contributed by atoms with E-state index in [0.29, 0.717) is 54.2 Å². The fraction of sp³-hybridized carbons (Fsp3) is 0.333. The number of phenolic OH excluding ortho intramolecular Hbond substituents is 1. The van der Waals surface area contributed by atoms with Crippen LogP contribution in [0, 0.1) is 11.3 Å². The van der Waals surface area contributed by atoms with Gasteiger partial charge in [-0.2, -0.15) is 5.26 Å². The Morgan fingerprint density at radius 2 is 2.09 bits per heavy atom. The number of hydrogen-bond acceptors (Lipinski definition) is 8. The van der Waals surface area contributed by atoms with Crippen molar-refractivity contribution in [1.82, 2.24) is 19.8 Å². The first-order valence-corrected chi connectivity index (χ1v) is 14.8. The predicted molar refractivity (Wildman–Crippen MR) is 168 cm³/mol. The molecule has 2 aromatic carbocycles. The van der Waals surface area contributed by atoms with Crippen LogP contribution in [0.3, 0.4) is 0 Å². The maximum absolute atomic E-state index is 12.5. The van der Waals surface area contributed by atoms with Crippen LogP contribution in [-0.4, -0.2) is 82.7 Å². The van der Waals surface area contributed by atoms with Crippen molar-refractivity contribution in [2.24, 2.45) is 0 Å². The smallest absolute Gasteiger partial charge is 0.246 e. The van der Waals surface area contributed by atoms with E-state index in [4.69, 9.17) is 26.3 Å². The zero-order valence-corrected chi connectivity index (χ0v) is 24.8. The highest BCUT2D eigenvalue weighted by Gasteiger charge is 2.31. The monoisotopic (exact) mass is 596 g/mol. The van der Waals surface area contributed by atoms with E-state index in [2.05, 4.69) is 29.5 Å². The number of anilines is 1. The summed E-state index contributed by atoms with van der Waals surface area (Å²) >= 11 is 6.63. The van der Waals surface area contributed by atoms with Crippen molar-refractivity contribution < 1.29 is 14.6 Å². The molecule has 2 saturated heterocycles. The van der Waals surface area contributed by atoms with Crippen molar-refractivity contribution in [1.29, 1.82) is 5.26 Å². The van der Waals surface area contributed by atoms with Crippen LogP contribution >= 0.6 is 11.6 Å². The Bertz CT molecular complexity index is 1750. The van der Waals surface area contributed by atoms with Gasteiger partial charge in [0.05, 0.1) is 29.7 Å². The average molecular weight is 597 g/mol. The van der Waals surface area contributed by atoms with Crippen LogP contribution < -0.4 is 9.64 Å². The summed E-state index contributed by atoms with van der Waals surface area (Å²) in [6, 6.07) is 15.1. The SMILES string of the molecule is C=CC(=O)N1CCN(c2cc(OC[C@@H]3CCCN3C)nc3cc(-c4cc(O)cc5cccc(Cl)c45)cnc23)CC1CC#N. The van der Waals surface area contributed by atoms with Crippen molar-refractivity contribution in [3.05, 3.63) is 66.3 Å². The number of fused-ring (bicyclic) bond motifs is 2. The Morgan fingerprint density at radius 3 is 2.86 bits per heavy atom. The van der Waals surface area contributed by atoms with Crippen LogP contribution in [0.1, 0.15) is 19.3 Å². The second-order valence-corrected chi connectivity index (χ2v) is 11.6. The van der Waals surface area contributed by atoms with Crippen LogP contribution in [0.5, 0.6) is 11.6 Å². The van der Waals surface area contributed by atoms with E-state index in [1.807, 2.05) is 30.3 Å². The first-order valence-electron chi connectivity index (χ1n) is 14.5. The number of nitriles is 1. The molecule has 6 rings (SSSR count). The molecule has 0 saturated carbocycles. The molecule has 1 amide bonds. The number of pyridine rings is 2. The first kappa shape index (κ1) is 28.7. The summed E-state index contributed by atoms with van der Waals surface area (Å²) in [5.41, 5.74) is 3.66. The first-order chi connectivity index (χ1) is 20.9. The van der Waals surface area contributed by atoms with Crippen molar-refractivity contribution in [2.45, 2.75) is 31.3 Å². The molecule has 9 nitrogen and oxygen atoms in total. The molecule has 43 heavy (non-hydrogen) atoms. The summed E-state index contributed by atoms with van der Waals surface area (Å²) in [4.78, 5) is 28.5. The minimum Gasteiger partial charge on any atom is -0.508 e. The zero-order chi connectivity index (χ0) is 30.1. The van der Waals surface area contributed by atoms with Crippen LogP contribution in [0.25, 0.3) is 32.9 Å². The molecule has 1 unspecified atom stereocenters. The second-order valence-electron chi connectivity index (χ2n) is 11.2. The Balaban J connectivity index is 1.44. The molecule has 2 aliphatic heterocycles. The molecule has 0 aliphatic carbocycles. The Kier molecular flexibility index (Phi) is 8.06. The molecule has 2 fully saturated rings. The molecule has 2 aliphatic rings. The topological polar surface area (TPSA) is 106 Å². The number of piperazine rings is 1. The van der Waals surface area contributed by atoms with E-state index in [1.165, 1.54) is 6.08 Å². The molecule has 10 heteroatoms. The normalized spacial score (nSPS) is 19.1. The lowest BCUT2D eigenvalue weighted by atomic mass is 9.98. The van der Waals surface area contributed by atoms with Gasteiger partial charge >= 0.3 is 0 Å². The van der Waals surface area contributed by atoms with Gasteiger partial charge in [-0.15, -0.1) is 0 Å². The Hall–Kier alpha value is -4.39. The maximum atomic E-state index is 12.5. The molecule has 0 radical (unpaired) electrons. The Morgan fingerprint density at radius 1 is 1.23 bits per heavy atom. The van der Waals surface area contributed by atoms with E-state index >= 15 is 0 Å². The third-order valence-electron chi connectivity index (χ3n) is 8.53. The molecule has 0 bridgehead atoms. The van der Waals surface area contributed by atoms with E-state index in [-0.39, 0.29) is 24.1 Å². The minimum absolute atomic E-state index is 0.131. The predicted octanol–water partition coefficient (Wildman–Crippen LogP) is 5.40. The van der Waals surface area contributed by atoms with Gasteiger partial charge in [0.1, 0.15) is 17.9 Å². The fourth-order valence-electron chi connectivity index (χ4n) is 6.26. The van der Waals surface area contributed by atoms with Gasteiger partial charge in [0.15, 0.2) is 0 Å². The number of benzene rings is 2. The number of carbonyl (C=O) groups excluding carboxylic acids is 1. The number of rotatable bonds is 7. The number of phenols is 1. The number of aromatic hydroxyl groups is 1. The number of nitrogens with zero attached hydrogens (tertiary/aromatic N) is 6. The fourth-order valence-corrected chi connectivity index (χ4v) is 6.54. The van der Waals surface area contributed by atoms with Gasteiger partial charge in [-0.05, 0) is 67.7 Å². The summed E-state index contributed by atoms with van der Waals surface area (Å²) in [5, 5.41) is 22.2. The number of aromatic nitrogens is 2. The average Bonchev–Trinajstić information content (AvgIpc) is 3.43. The summed E-state index contributed by atoms with van der Waals surface area (Å²) in [6.45, 7) is 6.68. The van der Waals surface area contributed by atoms with Gasteiger partial charge in [0, 0.05) is 53.9 Å². The zero-order valence-electron chi connectivity index (χ0n) is 24.0. The molecule has 2 atom stereocenters. The summed E-state index contributed by atoms with van der Waals surface area (Å²) < 4.78 is 6.31. The van der Waals surface area contributed by atoms with Crippen molar-refractivity contribution in [2.75, 3.05) is 44.7 Å². The van der Waals surface area contributed by atoms with E-state index in [1.54, 1.807) is 23.2 Å². The van der Waals surface area contributed by atoms with Gasteiger partial charge in [-0.25, -0.2) is 4.98 Å². The highest BCUT2D eigenvalue weighted by Crippen LogP contribution is 2.39. The van der Waals surface area contributed by atoms with E-state index in [9.17, 15) is 15.2 Å². The van der Waals surface area contributed by atoms with E-state index < -0.39 is 0 Å². The van der Waals surface area contributed by atoms with Crippen LogP contribution in [0.2, 0.25) is 5.02 Å². The van der Waals surface area contributed by atoms with Crippen LogP contribution in [0.4, 0.5) is 5.69 Å². The largest absolute Gasteiger partial charge is 0.508 e. The van der Waals surface area contributed by atoms with E-state index in [0.717, 1.165) is 47.0 Å². The lowest BCUT2D eigenvalue weighted by Gasteiger charge is -2.41. The quantitative estimate of drug-likeness (QED) is 0.283. The number of likely N-dealkylation sites (tertiary alicyclic amines) is 1. The minimum atomic E-state index is -0.288. The molecule has 4 aromatic rings. The summed E-state index contributed by atoms with van der Waals surface area (Å²) in [7, 11) is 2.11. The highest BCUT2D eigenvalue weighted by molar-refractivity contribution is 6.36. The molecular weight excluding hydrogens is 564 g/mol. The maximum Gasteiger partial charge on any atom is 0.246 e. The van der Waals surface area contributed by atoms with Gasteiger partial charge in [0.25, 0.3) is 0 Å². The number of halogens is 1. The van der Waals surface area contributed by atoms with Gasteiger partial charge in [-0.1, -0.05) is 30.3 Å². The molecule has 1 N–H and O–H groups in total. The molecule has 220 valence electrons. The third-order valence-corrected chi connectivity index (χ3v) is 8.84. The molecular formula is C33H33ClN6O3. The van der Waals surface area contributed by atoms with Gasteiger partial charge in [0.2, 0.25) is 11.8 Å². The van der Waals surface area contributed by atoms with Gasteiger partial charge in [-0.3, -0.25) is 9.78 Å². The Labute approximate surface area is 255 Å². The number of carbonyl (C=O) groups is 1. The van der Waals surface area contributed by atoms with Gasteiger partial charge < -0.3 is 24.5 Å². The lowest BCUT2D eigenvalue weighted by molar-refractivity contribution is -0.128. The van der Waals surface area contributed by atoms with Crippen LogP contribution in [-0.2, 0) is 4.79 Å². The lowest BCUT2D eigenvalue weighted by Crippen LogP contribution is -2.55. The van der Waals surface area contributed by atoms with Crippen molar-refractivity contribution in [3.8, 4) is 28.8 Å². The third kappa shape index (κ3) is 5.68. The second kappa shape index (κ2) is 12.1.